The maximum atomic E-state index is 5.40. The van der Waals surface area contributed by atoms with Crippen LogP contribution in [0.5, 0.6) is 5.75 Å². The summed E-state index contributed by atoms with van der Waals surface area (Å²) in [5.74, 6) is 1.84. The molecule has 152 valence electrons. The van der Waals surface area contributed by atoms with Crippen LogP contribution in [-0.4, -0.2) is 82.8 Å². The van der Waals surface area contributed by atoms with E-state index in [0.717, 1.165) is 31.2 Å². The normalized spacial score (nSPS) is 16.4. The van der Waals surface area contributed by atoms with Gasteiger partial charge in [-0.05, 0) is 57.0 Å². The highest BCUT2D eigenvalue weighted by atomic mass is 16.5. The Hall–Kier alpha value is -1.79. The molecule has 0 atom stereocenters. The maximum absolute atomic E-state index is 5.40. The van der Waals surface area contributed by atoms with Crippen LogP contribution in [0.2, 0.25) is 0 Å². The van der Waals surface area contributed by atoms with Crippen molar-refractivity contribution in [1.29, 1.82) is 0 Å². The summed E-state index contributed by atoms with van der Waals surface area (Å²) in [6.07, 6.45) is 3.35. The molecule has 0 amide bonds. The fourth-order valence-corrected chi connectivity index (χ4v) is 3.30. The van der Waals surface area contributed by atoms with Gasteiger partial charge in [-0.3, -0.25) is 4.99 Å². The number of hydrogen-bond acceptors (Lipinski definition) is 4. The molecule has 6 heteroatoms. The molecule has 0 aliphatic carbocycles. The van der Waals surface area contributed by atoms with Crippen molar-refractivity contribution in [3.8, 4) is 5.75 Å². The summed E-state index contributed by atoms with van der Waals surface area (Å²) in [7, 11) is 5.75. The second kappa shape index (κ2) is 11.8. The number of piperazine rings is 1. The Kier molecular flexibility index (Phi) is 9.42. The standard InChI is InChI=1S/C21H37N5O/c1-18-7-8-19(17-20(18)27-4)9-11-24-21(22-2)23-10-5-6-12-26-15-13-25(3)14-16-26/h7-8,17H,5-6,9-16H2,1-4H3,(H2,22,23,24). The van der Waals surface area contributed by atoms with Gasteiger partial charge in [-0.15, -0.1) is 0 Å². The second-order valence-corrected chi connectivity index (χ2v) is 7.33. The molecule has 1 fully saturated rings. The minimum Gasteiger partial charge on any atom is -0.496 e. The molecule has 0 aromatic heterocycles. The summed E-state index contributed by atoms with van der Waals surface area (Å²) < 4.78 is 5.40. The minimum absolute atomic E-state index is 0.854. The second-order valence-electron chi connectivity index (χ2n) is 7.33. The van der Waals surface area contributed by atoms with Crippen LogP contribution in [0.1, 0.15) is 24.0 Å². The zero-order chi connectivity index (χ0) is 19.5. The van der Waals surface area contributed by atoms with Gasteiger partial charge in [-0.1, -0.05) is 12.1 Å². The van der Waals surface area contributed by atoms with Crippen LogP contribution in [0.3, 0.4) is 0 Å². The fourth-order valence-electron chi connectivity index (χ4n) is 3.30. The van der Waals surface area contributed by atoms with E-state index in [9.17, 15) is 0 Å². The van der Waals surface area contributed by atoms with Gasteiger partial charge in [0.2, 0.25) is 0 Å². The lowest BCUT2D eigenvalue weighted by atomic mass is 10.1. The molecule has 1 aliphatic heterocycles. The monoisotopic (exact) mass is 375 g/mol. The van der Waals surface area contributed by atoms with Crippen molar-refractivity contribution < 1.29 is 4.74 Å². The summed E-state index contributed by atoms with van der Waals surface area (Å²) in [5, 5.41) is 6.82. The van der Waals surface area contributed by atoms with Crippen molar-refractivity contribution in [2.45, 2.75) is 26.2 Å². The Balaban J connectivity index is 1.57. The van der Waals surface area contributed by atoms with Gasteiger partial charge in [0, 0.05) is 46.3 Å². The van der Waals surface area contributed by atoms with Crippen LogP contribution >= 0.6 is 0 Å². The van der Waals surface area contributed by atoms with E-state index >= 15 is 0 Å². The molecule has 1 aliphatic rings. The smallest absolute Gasteiger partial charge is 0.190 e. The molecule has 0 radical (unpaired) electrons. The topological polar surface area (TPSA) is 52.1 Å². The lowest BCUT2D eigenvalue weighted by Gasteiger charge is -2.32. The number of rotatable bonds is 9. The molecule has 1 aromatic rings. The van der Waals surface area contributed by atoms with E-state index in [2.05, 4.69) is 57.6 Å². The number of likely N-dealkylation sites (N-methyl/N-ethyl adjacent to an activating group) is 1. The fraction of sp³-hybridized carbons (Fsp3) is 0.667. The zero-order valence-electron chi connectivity index (χ0n) is 17.6. The number of nitrogens with one attached hydrogen (secondary N) is 2. The number of nitrogens with zero attached hydrogens (tertiary/aromatic N) is 3. The first-order valence-electron chi connectivity index (χ1n) is 10.1. The van der Waals surface area contributed by atoms with Gasteiger partial charge >= 0.3 is 0 Å². The number of unbranched alkanes of at least 4 members (excludes halogenated alkanes) is 1. The van der Waals surface area contributed by atoms with Gasteiger partial charge in [0.25, 0.3) is 0 Å². The molecule has 0 saturated carbocycles. The van der Waals surface area contributed by atoms with Gasteiger partial charge in [0.05, 0.1) is 7.11 Å². The molecule has 2 rings (SSSR count). The summed E-state index contributed by atoms with van der Waals surface area (Å²) in [5.41, 5.74) is 2.44. The maximum Gasteiger partial charge on any atom is 0.190 e. The summed E-state index contributed by atoms with van der Waals surface area (Å²) in [6.45, 7) is 9.89. The molecule has 2 N–H and O–H groups in total. The van der Waals surface area contributed by atoms with E-state index < -0.39 is 0 Å². The Labute approximate surface area is 165 Å². The number of ether oxygens (including phenoxy) is 1. The van der Waals surface area contributed by atoms with Crippen LogP contribution < -0.4 is 15.4 Å². The highest BCUT2D eigenvalue weighted by Crippen LogP contribution is 2.18. The lowest BCUT2D eigenvalue weighted by molar-refractivity contribution is 0.152. The van der Waals surface area contributed by atoms with Gasteiger partial charge in [-0.2, -0.15) is 0 Å². The third kappa shape index (κ3) is 7.77. The van der Waals surface area contributed by atoms with Crippen molar-refractivity contribution in [2.75, 3.05) is 67.0 Å². The third-order valence-electron chi connectivity index (χ3n) is 5.19. The average Bonchev–Trinajstić information content (AvgIpc) is 2.69. The van der Waals surface area contributed by atoms with Crippen LogP contribution in [0.25, 0.3) is 0 Å². The molecule has 0 spiro atoms. The van der Waals surface area contributed by atoms with Crippen LogP contribution in [0.15, 0.2) is 23.2 Å². The van der Waals surface area contributed by atoms with Gasteiger partial charge in [0.1, 0.15) is 5.75 Å². The molecular formula is C21H37N5O. The summed E-state index contributed by atoms with van der Waals surface area (Å²) in [6, 6.07) is 6.39. The highest BCUT2D eigenvalue weighted by Gasteiger charge is 2.12. The van der Waals surface area contributed by atoms with Crippen LogP contribution in [-0.2, 0) is 6.42 Å². The van der Waals surface area contributed by atoms with Crippen molar-refractivity contribution in [3.05, 3.63) is 29.3 Å². The van der Waals surface area contributed by atoms with Crippen LogP contribution in [0, 0.1) is 6.92 Å². The molecule has 27 heavy (non-hydrogen) atoms. The summed E-state index contributed by atoms with van der Waals surface area (Å²) in [4.78, 5) is 9.29. The minimum atomic E-state index is 0.854. The van der Waals surface area contributed by atoms with Crippen molar-refractivity contribution >= 4 is 5.96 Å². The van der Waals surface area contributed by atoms with Crippen molar-refractivity contribution in [1.82, 2.24) is 20.4 Å². The van der Waals surface area contributed by atoms with E-state index in [1.807, 2.05) is 7.05 Å². The first-order chi connectivity index (χ1) is 13.1. The number of guanidine groups is 1. The third-order valence-corrected chi connectivity index (χ3v) is 5.19. The average molecular weight is 376 g/mol. The number of hydrogen-bond donors (Lipinski definition) is 2. The summed E-state index contributed by atoms with van der Waals surface area (Å²) >= 11 is 0. The van der Waals surface area contributed by atoms with E-state index in [0.29, 0.717) is 0 Å². The Morgan fingerprint density at radius 2 is 1.85 bits per heavy atom. The largest absolute Gasteiger partial charge is 0.496 e. The SMILES string of the molecule is CN=C(NCCCCN1CCN(C)CC1)NCCc1ccc(C)c(OC)c1. The van der Waals surface area contributed by atoms with Gasteiger partial charge in [-0.25, -0.2) is 0 Å². The predicted molar refractivity (Wildman–Crippen MR) is 114 cm³/mol. The van der Waals surface area contributed by atoms with Gasteiger partial charge < -0.3 is 25.2 Å². The molecule has 6 nitrogen and oxygen atoms in total. The first kappa shape index (κ1) is 21.5. The molecule has 1 aromatic carbocycles. The number of aryl methyl sites for hydroxylation is 1. The lowest BCUT2D eigenvalue weighted by Crippen LogP contribution is -2.44. The van der Waals surface area contributed by atoms with E-state index in [-0.39, 0.29) is 0 Å². The molecule has 1 heterocycles. The van der Waals surface area contributed by atoms with Crippen LogP contribution in [0.4, 0.5) is 0 Å². The van der Waals surface area contributed by atoms with E-state index in [1.165, 1.54) is 56.7 Å². The Bertz CT molecular complexity index is 582. The molecular weight excluding hydrogens is 338 g/mol. The van der Waals surface area contributed by atoms with E-state index in [1.54, 1.807) is 7.11 Å². The van der Waals surface area contributed by atoms with Crippen molar-refractivity contribution in [2.24, 2.45) is 4.99 Å². The predicted octanol–water partition coefficient (Wildman–Crippen LogP) is 1.74. The number of methoxy groups -OCH3 is 1. The first-order valence-corrected chi connectivity index (χ1v) is 10.1. The quantitative estimate of drug-likeness (QED) is 0.391. The van der Waals surface area contributed by atoms with Crippen molar-refractivity contribution in [3.63, 3.8) is 0 Å². The molecule has 0 unspecified atom stereocenters. The highest BCUT2D eigenvalue weighted by molar-refractivity contribution is 5.79. The number of benzene rings is 1. The number of aliphatic imine (C=N–C) groups is 1. The van der Waals surface area contributed by atoms with E-state index in [4.69, 9.17) is 4.74 Å². The molecule has 0 bridgehead atoms. The Morgan fingerprint density at radius 1 is 1.11 bits per heavy atom. The Morgan fingerprint density at radius 3 is 2.56 bits per heavy atom. The zero-order valence-corrected chi connectivity index (χ0v) is 17.6. The molecule has 1 saturated heterocycles. The van der Waals surface area contributed by atoms with Gasteiger partial charge in [0.15, 0.2) is 5.96 Å².